The Bertz CT molecular complexity index is 730. The molecule has 2 aromatic rings. The molecule has 0 aliphatic heterocycles. The van der Waals surface area contributed by atoms with E-state index in [9.17, 15) is 14.9 Å². The molecule has 0 spiro atoms. The van der Waals surface area contributed by atoms with E-state index in [-0.39, 0.29) is 12.2 Å². The number of amides is 1. The van der Waals surface area contributed by atoms with Gasteiger partial charge in [-0.15, -0.1) is 0 Å². The van der Waals surface area contributed by atoms with E-state index in [1.807, 2.05) is 43.3 Å². The van der Waals surface area contributed by atoms with Crippen molar-refractivity contribution in [2.75, 3.05) is 0 Å². The van der Waals surface area contributed by atoms with Crippen molar-refractivity contribution in [1.29, 1.82) is 5.26 Å². The molecule has 2 aromatic carbocycles. The zero-order chi connectivity index (χ0) is 16.8. The third kappa shape index (κ3) is 4.04. The first-order chi connectivity index (χ1) is 11.0. The number of nitrogens with zero attached hydrogens (tertiary/aromatic N) is 1. The average molecular weight is 306 g/mol. The van der Waals surface area contributed by atoms with E-state index in [0.29, 0.717) is 5.56 Å². The number of nitriles is 1. The standard InChI is InChI=1S/C19H18N2O2/c1-13-7-9-15(10-8-13)18(22)11-16(17(12-20)19(21)23)14-5-3-2-4-6-14/h2-10,16-17H,11H2,1H3,(H2,21,23)/t16-,17-/m0/s1. The zero-order valence-electron chi connectivity index (χ0n) is 12.9. The van der Waals surface area contributed by atoms with Gasteiger partial charge in [0.1, 0.15) is 5.92 Å². The van der Waals surface area contributed by atoms with Crippen molar-refractivity contribution in [2.24, 2.45) is 11.7 Å². The smallest absolute Gasteiger partial charge is 0.235 e. The van der Waals surface area contributed by atoms with Gasteiger partial charge in [-0.2, -0.15) is 5.26 Å². The maximum Gasteiger partial charge on any atom is 0.235 e. The molecule has 4 nitrogen and oxygen atoms in total. The van der Waals surface area contributed by atoms with Gasteiger partial charge in [0.2, 0.25) is 5.91 Å². The molecule has 0 bridgehead atoms. The van der Waals surface area contributed by atoms with Crippen LogP contribution < -0.4 is 5.73 Å². The van der Waals surface area contributed by atoms with Gasteiger partial charge in [-0.25, -0.2) is 0 Å². The van der Waals surface area contributed by atoms with Crippen LogP contribution in [0.15, 0.2) is 54.6 Å². The second kappa shape index (κ2) is 7.37. The molecule has 0 aromatic heterocycles. The zero-order valence-corrected chi connectivity index (χ0v) is 12.9. The minimum absolute atomic E-state index is 0.0637. The largest absolute Gasteiger partial charge is 0.369 e. The fourth-order valence-corrected chi connectivity index (χ4v) is 2.54. The van der Waals surface area contributed by atoms with Crippen molar-refractivity contribution in [3.63, 3.8) is 0 Å². The lowest BCUT2D eigenvalue weighted by atomic mass is 9.81. The number of nitrogens with two attached hydrogens (primary N) is 1. The molecule has 1 amide bonds. The Balaban J connectivity index is 2.31. The Morgan fingerprint density at radius 2 is 1.70 bits per heavy atom. The summed E-state index contributed by atoms with van der Waals surface area (Å²) in [6.45, 7) is 1.94. The van der Waals surface area contributed by atoms with Gasteiger partial charge in [-0.1, -0.05) is 60.2 Å². The fourth-order valence-electron chi connectivity index (χ4n) is 2.54. The third-order valence-electron chi connectivity index (χ3n) is 3.85. The van der Waals surface area contributed by atoms with E-state index in [2.05, 4.69) is 0 Å². The number of Topliss-reactive ketones (excluding diaryl/α,β-unsaturated/α-hetero) is 1. The van der Waals surface area contributed by atoms with Crippen LogP contribution in [0.2, 0.25) is 0 Å². The van der Waals surface area contributed by atoms with Gasteiger partial charge in [0.25, 0.3) is 0 Å². The summed E-state index contributed by atoms with van der Waals surface area (Å²) >= 11 is 0. The Labute approximate surface area is 135 Å². The van der Waals surface area contributed by atoms with Crippen LogP contribution in [0.4, 0.5) is 0 Å². The molecule has 2 N–H and O–H groups in total. The van der Waals surface area contributed by atoms with Crippen molar-refractivity contribution in [1.82, 2.24) is 0 Å². The van der Waals surface area contributed by atoms with Crippen molar-refractivity contribution in [3.8, 4) is 6.07 Å². The van der Waals surface area contributed by atoms with E-state index in [4.69, 9.17) is 5.73 Å². The molecule has 2 rings (SSSR count). The second-order valence-corrected chi connectivity index (χ2v) is 5.52. The molecule has 0 aliphatic rings. The molecule has 0 radical (unpaired) electrons. The van der Waals surface area contributed by atoms with Crippen LogP contribution in [-0.4, -0.2) is 11.7 Å². The Hall–Kier alpha value is -2.93. The summed E-state index contributed by atoms with van der Waals surface area (Å²) in [6, 6.07) is 18.3. The maximum absolute atomic E-state index is 12.5. The topological polar surface area (TPSA) is 83.9 Å². The van der Waals surface area contributed by atoms with E-state index in [0.717, 1.165) is 11.1 Å². The molecular formula is C19H18N2O2. The summed E-state index contributed by atoms with van der Waals surface area (Å²) in [5, 5.41) is 9.29. The van der Waals surface area contributed by atoms with Crippen molar-refractivity contribution < 1.29 is 9.59 Å². The lowest BCUT2D eigenvalue weighted by Crippen LogP contribution is -2.29. The van der Waals surface area contributed by atoms with Crippen LogP contribution in [0.5, 0.6) is 0 Å². The summed E-state index contributed by atoms with van der Waals surface area (Å²) in [5.41, 5.74) is 7.74. The second-order valence-electron chi connectivity index (χ2n) is 5.52. The highest BCUT2D eigenvalue weighted by Crippen LogP contribution is 2.29. The average Bonchev–Trinajstić information content (AvgIpc) is 2.55. The first kappa shape index (κ1) is 16.4. The number of aryl methyl sites for hydroxylation is 1. The van der Waals surface area contributed by atoms with Gasteiger partial charge >= 0.3 is 0 Å². The quantitative estimate of drug-likeness (QED) is 0.833. The number of carbonyl (C=O) groups is 2. The van der Waals surface area contributed by atoms with Crippen molar-refractivity contribution in [3.05, 3.63) is 71.3 Å². The lowest BCUT2D eigenvalue weighted by molar-refractivity contribution is -0.120. The van der Waals surface area contributed by atoms with Gasteiger partial charge < -0.3 is 5.73 Å². The number of rotatable bonds is 6. The lowest BCUT2D eigenvalue weighted by Gasteiger charge is -2.19. The molecule has 0 fully saturated rings. The van der Waals surface area contributed by atoms with Crippen LogP contribution in [0.1, 0.15) is 33.8 Å². The SMILES string of the molecule is Cc1ccc(C(=O)C[C@@H](c2ccccc2)[C@H](C#N)C(N)=O)cc1. The molecular weight excluding hydrogens is 288 g/mol. The number of ketones is 1. The normalized spacial score (nSPS) is 12.9. The minimum atomic E-state index is -1.04. The number of benzene rings is 2. The first-order valence-corrected chi connectivity index (χ1v) is 7.36. The molecule has 116 valence electrons. The predicted octanol–water partition coefficient (Wildman–Crippen LogP) is 2.98. The first-order valence-electron chi connectivity index (χ1n) is 7.36. The van der Waals surface area contributed by atoms with Crippen LogP contribution in [0.25, 0.3) is 0 Å². The molecule has 0 saturated heterocycles. The van der Waals surface area contributed by atoms with Crippen LogP contribution >= 0.6 is 0 Å². The van der Waals surface area contributed by atoms with Gasteiger partial charge in [0.05, 0.1) is 6.07 Å². The van der Waals surface area contributed by atoms with E-state index < -0.39 is 17.7 Å². The number of hydrogen-bond donors (Lipinski definition) is 1. The fraction of sp³-hybridized carbons (Fsp3) is 0.211. The third-order valence-corrected chi connectivity index (χ3v) is 3.85. The van der Waals surface area contributed by atoms with Crippen molar-refractivity contribution in [2.45, 2.75) is 19.3 Å². The molecule has 0 unspecified atom stereocenters. The summed E-state index contributed by atoms with van der Waals surface area (Å²) in [7, 11) is 0. The number of primary amides is 1. The highest BCUT2D eigenvalue weighted by atomic mass is 16.1. The Morgan fingerprint density at radius 3 is 2.22 bits per heavy atom. The molecule has 0 saturated carbocycles. The summed E-state index contributed by atoms with van der Waals surface area (Å²) in [6.07, 6.45) is 0.0637. The highest BCUT2D eigenvalue weighted by Gasteiger charge is 2.30. The maximum atomic E-state index is 12.5. The van der Waals surface area contributed by atoms with Gasteiger partial charge in [0, 0.05) is 17.9 Å². The summed E-state index contributed by atoms with van der Waals surface area (Å²) in [5.74, 6) is -2.40. The Kier molecular flexibility index (Phi) is 5.27. The van der Waals surface area contributed by atoms with Crippen molar-refractivity contribution >= 4 is 11.7 Å². The minimum Gasteiger partial charge on any atom is -0.369 e. The van der Waals surface area contributed by atoms with E-state index in [1.54, 1.807) is 24.3 Å². The predicted molar refractivity (Wildman–Crippen MR) is 87.6 cm³/mol. The summed E-state index contributed by atoms with van der Waals surface area (Å²) < 4.78 is 0. The monoisotopic (exact) mass is 306 g/mol. The van der Waals surface area contributed by atoms with Gasteiger partial charge in [-0.3, -0.25) is 9.59 Å². The molecule has 2 atom stereocenters. The van der Waals surface area contributed by atoms with Crippen LogP contribution in [0.3, 0.4) is 0 Å². The molecule has 0 aliphatic carbocycles. The summed E-state index contributed by atoms with van der Waals surface area (Å²) in [4.78, 5) is 24.1. The van der Waals surface area contributed by atoms with E-state index in [1.165, 1.54) is 0 Å². The molecule has 0 heterocycles. The van der Waals surface area contributed by atoms with Crippen LogP contribution in [0, 0.1) is 24.2 Å². The number of carbonyl (C=O) groups excluding carboxylic acids is 2. The molecule has 4 heteroatoms. The number of hydrogen-bond acceptors (Lipinski definition) is 3. The van der Waals surface area contributed by atoms with E-state index >= 15 is 0 Å². The van der Waals surface area contributed by atoms with Gasteiger partial charge in [-0.05, 0) is 12.5 Å². The van der Waals surface area contributed by atoms with Crippen LogP contribution in [-0.2, 0) is 4.79 Å². The van der Waals surface area contributed by atoms with Gasteiger partial charge in [0.15, 0.2) is 5.78 Å². The highest BCUT2D eigenvalue weighted by molar-refractivity contribution is 5.97. The Morgan fingerprint density at radius 1 is 1.09 bits per heavy atom. The molecule has 23 heavy (non-hydrogen) atoms.